The van der Waals surface area contributed by atoms with Gasteiger partial charge in [-0.25, -0.2) is 4.98 Å². The molecular formula is C24H22ClN3O. The number of nitrogens with zero attached hydrogens (tertiary/aromatic N) is 2. The Kier molecular flexibility index (Phi) is 5.36. The summed E-state index contributed by atoms with van der Waals surface area (Å²) in [6.45, 7) is 4.21. The number of nitrogens with one attached hydrogen (secondary N) is 1. The first-order valence-corrected chi connectivity index (χ1v) is 9.94. The third-order valence-corrected chi connectivity index (χ3v) is 5.31. The molecule has 0 aliphatic heterocycles. The van der Waals surface area contributed by atoms with Gasteiger partial charge < -0.3 is 9.88 Å². The molecule has 5 heteroatoms. The van der Waals surface area contributed by atoms with Gasteiger partial charge in [0, 0.05) is 17.1 Å². The minimum absolute atomic E-state index is 0.0668. The summed E-state index contributed by atoms with van der Waals surface area (Å²) in [7, 11) is 0. The van der Waals surface area contributed by atoms with Crippen molar-refractivity contribution in [1.82, 2.24) is 9.55 Å². The second kappa shape index (κ2) is 8.10. The third kappa shape index (κ3) is 4.17. The largest absolute Gasteiger partial charge is 0.324 e. The molecule has 146 valence electrons. The van der Waals surface area contributed by atoms with E-state index >= 15 is 0 Å². The van der Waals surface area contributed by atoms with Crippen molar-refractivity contribution in [2.24, 2.45) is 0 Å². The Morgan fingerprint density at radius 3 is 2.38 bits per heavy atom. The monoisotopic (exact) mass is 403 g/mol. The maximum Gasteiger partial charge on any atom is 0.244 e. The molecule has 0 unspecified atom stereocenters. The lowest BCUT2D eigenvalue weighted by molar-refractivity contribution is -0.116. The lowest BCUT2D eigenvalue weighted by atomic mass is 10.1. The van der Waals surface area contributed by atoms with E-state index in [0.29, 0.717) is 11.4 Å². The van der Waals surface area contributed by atoms with Crippen molar-refractivity contribution in [2.75, 3.05) is 5.32 Å². The van der Waals surface area contributed by atoms with Gasteiger partial charge in [0.15, 0.2) is 0 Å². The van der Waals surface area contributed by atoms with Gasteiger partial charge in [-0.05, 0) is 54.8 Å². The predicted molar refractivity (Wildman–Crippen MR) is 119 cm³/mol. The first-order chi connectivity index (χ1) is 14.0. The molecule has 1 aromatic heterocycles. The zero-order valence-electron chi connectivity index (χ0n) is 16.4. The summed E-state index contributed by atoms with van der Waals surface area (Å²) >= 11 is 6.01. The molecule has 1 amide bonds. The summed E-state index contributed by atoms with van der Waals surface area (Å²) in [6, 6.07) is 21.6. The summed E-state index contributed by atoms with van der Waals surface area (Å²) in [5.41, 5.74) is 5.91. The minimum atomic E-state index is -0.0668. The van der Waals surface area contributed by atoms with E-state index in [1.165, 1.54) is 0 Å². The maximum absolute atomic E-state index is 12.9. The average molecular weight is 404 g/mol. The van der Waals surface area contributed by atoms with Crippen LogP contribution < -0.4 is 5.32 Å². The number of imidazole rings is 1. The number of hydrogen-bond acceptors (Lipinski definition) is 2. The molecule has 0 saturated carbocycles. The van der Waals surface area contributed by atoms with Gasteiger partial charge >= 0.3 is 0 Å². The Hall–Kier alpha value is -3.11. The van der Waals surface area contributed by atoms with Crippen LogP contribution in [0.5, 0.6) is 0 Å². The second-order valence-electron chi connectivity index (χ2n) is 7.22. The fraction of sp³-hybridized carbons (Fsp3) is 0.167. The third-order valence-electron chi connectivity index (χ3n) is 5.06. The fourth-order valence-electron chi connectivity index (χ4n) is 3.56. The van der Waals surface area contributed by atoms with Gasteiger partial charge in [0.05, 0.1) is 11.0 Å². The van der Waals surface area contributed by atoms with Gasteiger partial charge in [0.25, 0.3) is 0 Å². The Bertz CT molecular complexity index is 1160. The highest BCUT2D eigenvalue weighted by Crippen LogP contribution is 2.22. The molecule has 0 saturated heterocycles. The van der Waals surface area contributed by atoms with Crippen molar-refractivity contribution in [3.8, 4) is 0 Å². The van der Waals surface area contributed by atoms with Gasteiger partial charge in [0.1, 0.15) is 12.4 Å². The molecule has 29 heavy (non-hydrogen) atoms. The number of amides is 1. The number of para-hydroxylation sites is 3. The summed E-state index contributed by atoms with van der Waals surface area (Å²) in [6.07, 6.45) is 0.628. The van der Waals surface area contributed by atoms with Crippen LogP contribution in [0.4, 0.5) is 5.69 Å². The molecule has 4 aromatic rings. The van der Waals surface area contributed by atoms with E-state index in [1.54, 1.807) is 0 Å². The molecule has 0 aliphatic carbocycles. The molecule has 0 bridgehead atoms. The van der Waals surface area contributed by atoms with Crippen LogP contribution >= 0.6 is 11.6 Å². The van der Waals surface area contributed by atoms with Crippen molar-refractivity contribution in [3.05, 3.63) is 94.3 Å². The molecular weight excluding hydrogens is 382 g/mol. The lowest BCUT2D eigenvalue weighted by Gasteiger charge is -2.13. The van der Waals surface area contributed by atoms with Gasteiger partial charge in [-0.2, -0.15) is 0 Å². The van der Waals surface area contributed by atoms with Crippen LogP contribution in [0.1, 0.15) is 22.5 Å². The van der Waals surface area contributed by atoms with Gasteiger partial charge in [-0.1, -0.05) is 54.1 Å². The standard InChI is InChI=1S/C24H22ClN3O/c1-16-6-5-7-17(2)24(16)27-23(29)15-28-21-9-4-3-8-20(21)26-22(28)14-18-10-12-19(25)13-11-18/h3-13H,14-15H2,1-2H3,(H,27,29). The molecule has 0 atom stereocenters. The molecule has 1 N–H and O–H groups in total. The van der Waals surface area contributed by atoms with Crippen LogP contribution in [0.3, 0.4) is 0 Å². The zero-order chi connectivity index (χ0) is 20.4. The number of carbonyl (C=O) groups is 1. The fourth-order valence-corrected chi connectivity index (χ4v) is 3.68. The van der Waals surface area contributed by atoms with E-state index < -0.39 is 0 Å². The summed E-state index contributed by atoms with van der Waals surface area (Å²) < 4.78 is 1.99. The highest BCUT2D eigenvalue weighted by atomic mass is 35.5. The molecule has 0 radical (unpaired) electrons. The van der Waals surface area contributed by atoms with E-state index in [0.717, 1.165) is 39.2 Å². The number of rotatable bonds is 5. The predicted octanol–water partition coefficient (Wildman–Crippen LogP) is 5.54. The normalized spacial score (nSPS) is 11.0. The molecule has 4 nitrogen and oxygen atoms in total. The van der Waals surface area contributed by atoms with Gasteiger partial charge in [-0.15, -0.1) is 0 Å². The first kappa shape index (κ1) is 19.2. The van der Waals surface area contributed by atoms with Crippen molar-refractivity contribution in [3.63, 3.8) is 0 Å². The Balaban J connectivity index is 1.65. The van der Waals surface area contributed by atoms with E-state index in [2.05, 4.69) is 5.32 Å². The highest BCUT2D eigenvalue weighted by molar-refractivity contribution is 6.30. The quantitative estimate of drug-likeness (QED) is 0.475. The maximum atomic E-state index is 12.9. The smallest absolute Gasteiger partial charge is 0.244 e. The minimum Gasteiger partial charge on any atom is -0.324 e. The number of halogens is 1. The van der Waals surface area contributed by atoms with Crippen LogP contribution in [0.15, 0.2) is 66.7 Å². The van der Waals surface area contributed by atoms with Crippen molar-refractivity contribution < 1.29 is 4.79 Å². The van der Waals surface area contributed by atoms with Crippen LogP contribution in [0, 0.1) is 13.8 Å². The number of fused-ring (bicyclic) bond motifs is 1. The number of carbonyl (C=O) groups excluding carboxylic acids is 1. The Morgan fingerprint density at radius 1 is 0.966 bits per heavy atom. The van der Waals surface area contributed by atoms with Crippen molar-refractivity contribution in [1.29, 1.82) is 0 Å². The summed E-state index contributed by atoms with van der Waals surface area (Å²) in [5.74, 6) is 0.785. The zero-order valence-corrected chi connectivity index (χ0v) is 17.2. The van der Waals surface area contributed by atoms with E-state index in [4.69, 9.17) is 16.6 Å². The van der Waals surface area contributed by atoms with Gasteiger partial charge in [0.2, 0.25) is 5.91 Å². The topological polar surface area (TPSA) is 46.9 Å². The van der Waals surface area contributed by atoms with Crippen LogP contribution in [-0.4, -0.2) is 15.5 Å². The van der Waals surface area contributed by atoms with Crippen LogP contribution in [0.2, 0.25) is 5.02 Å². The second-order valence-corrected chi connectivity index (χ2v) is 7.66. The number of aryl methyl sites for hydroxylation is 2. The summed E-state index contributed by atoms with van der Waals surface area (Å²) in [4.78, 5) is 17.7. The molecule has 0 fully saturated rings. The number of anilines is 1. The van der Waals surface area contributed by atoms with Crippen molar-refractivity contribution >= 4 is 34.2 Å². The van der Waals surface area contributed by atoms with Crippen molar-refractivity contribution in [2.45, 2.75) is 26.8 Å². The average Bonchev–Trinajstić information content (AvgIpc) is 3.04. The summed E-state index contributed by atoms with van der Waals surface area (Å²) in [5, 5.41) is 3.78. The van der Waals surface area contributed by atoms with Crippen LogP contribution in [0.25, 0.3) is 11.0 Å². The Labute approximate surface area is 175 Å². The Morgan fingerprint density at radius 2 is 1.66 bits per heavy atom. The SMILES string of the molecule is Cc1cccc(C)c1NC(=O)Cn1c(Cc2ccc(Cl)cc2)nc2ccccc21. The number of aromatic nitrogens is 2. The first-order valence-electron chi connectivity index (χ1n) is 9.56. The highest BCUT2D eigenvalue weighted by Gasteiger charge is 2.15. The number of benzene rings is 3. The van der Waals surface area contributed by atoms with E-state index in [-0.39, 0.29) is 12.5 Å². The molecule has 0 spiro atoms. The molecule has 4 rings (SSSR count). The van der Waals surface area contributed by atoms with Crippen LogP contribution in [-0.2, 0) is 17.8 Å². The number of hydrogen-bond donors (Lipinski definition) is 1. The lowest BCUT2D eigenvalue weighted by Crippen LogP contribution is -2.21. The molecule has 3 aromatic carbocycles. The van der Waals surface area contributed by atoms with E-state index in [1.807, 2.05) is 85.1 Å². The van der Waals surface area contributed by atoms with Gasteiger partial charge in [-0.3, -0.25) is 4.79 Å². The molecule has 1 heterocycles. The molecule has 0 aliphatic rings. The van der Waals surface area contributed by atoms with E-state index in [9.17, 15) is 4.79 Å².